The van der Waals surface area contributed by atoms with Gasteiger partial charge in [-0.25, -0.2) is 0 Å². The van der Waals surface area contributed by atoms with Gasteiger partial charge in [-0.1, -0.05) is 11.6 Å². The van der Waals surface area contributed by atoms with E-state index in [9.17, 15) is 0 Å². The third-order valence-corrected chi connectivity index (χ3v) is 4.97. The van der Waals surface area contributed by atoms with Crippen molar-refractivity contribution in [3.63, 3.8) is 0 Å². The Morgan fingerprint density at radius 2 is 2.00 bits per heavy atom. The Bertz CT molecular complexity index is 720. The van der Waals surface area contributed by atoms with Crippen LogP contribution < -0.4 is 14.4 Å². The maximum atomic E-state index is 6.34. The van der Waals surface area contributed by atoms with E-state index >= 15 is 0 Å². The number of halogens is 1. The van der Waals surface area contributed by atoms with Crippen molar-refractivity contribution in [3.05, 3.63) is 22.8 Å². The molecule has 1 saturated heterocycles. The van der Waals surface area contributed by atoms with Gasteiger partial charge in [-0.05, 0) is 25.0 Å². The molecule has 0 saturated carbocycles. The summed E-state index contributed by atoms with van der Waals surface area (Å²) in [4.78, 5) is 2.42. The fourth-order valence-corrected chi connectivity index (χ4v) is 3.89. The summed E-state index contributed by atoms with van der Waals surface area (Å²) in [5, 5.41) is 8.33. The molecule has 0 amide bonds. The summed E-state index contributed by atoms with van der Waals surface area (Å²) in [5.74, 6) is 1.79. The highest BCUT2D eigenvalue weighted by atomic mass is 35.5. The Morgan fingerprint density at radius 3 is 2.68 bits per heavy atom. The summed E-state index contributed by atoms with van der Waals surface area (Å²) in [7, 11) is 3.20. The highest BCUT2D eigenvalue weighted by molar-refractivity contribution is 6.32. The molecule has 6 heteroatoms. The van der Waals surface area contributed by atoms with Crippen LogP contribution >= 0.6 is 11.6 Å². The molecule has 0 aliphatic carbocycles. The van der Waals surface area contributed by atoms with Crippen molar-refractivity contribution < 1.29 is 9.47 Å². The first-order chi connectivity index (χ1) is 10.7. The van der Waals surface area contributed by atoms with Crippen LogP contribution in [-0.2, 0) is 0 Å². The monoisotopic (exact) mass is 319 g/mol. The van der Waals surface area contributed by atoms with Crippen molar-refractivity contribution in [2.75, 3.05) is 32.2 Å². The fourth-order valence-electron chi connectivity index (χ4n) is 3.60. The van der Waals surface area contributed by atoms with Gasteiger partial charge >= 0.3 is 0 Å². The lowest BCUT2D eigenvalue weighted by Gasteiger charge is -2.40. The average Bonchev–Trinajstić information content (AvgIpc) is 3.02. The number of rotatable bonds is 3. The predicted octanol–water partition coefficient (Wildman–Crippen LogP) is 3.44. The first kappa shape index (κ1) is 13.8. The van der Waals surface area contributed by atoms with Crippen LogP contribution in [0.25, 0.3) is 11.3 Å². The number of ether oxygens (including phenoxy) is 2. The summed E-state index contributed by atoms with van der Waals surface area (Å²) in [6.07, 6.45) is 2.42. The molecule has 1 N–H and O–H groups in total. The van der Waals surface area contributed by atoms with Gasteiger partial charge in [0.05, 0.1) is 30.6 Å². The van der Waals surface area contributed by atoms with Crippen LogP contribution in [-0.4, -0.2) is 37.5 Å². The van der Waals surface area contributed by atoms with Crippen LogP contribution in [0.4, 0.5) is 5.69 Å². The second-order valence-corrected chi connectivity index (χ2v) is 6.20. The fraction of sp³-hybridized carbons (Fsp3) is 0.438. The molecule has 0 radical (unpaired) electrons. The topological polar surface area (TPSA) is 50.4 Å². The van der Waals surface area contributed by atoms with Crippen LogP contribution in [0.1, 0.15) is 24.5 Å². The van der Waals surface area contributed by atoms with Crippen molar-refractivity contribution in [1.29, 1.82) is 0 Å². The molecule has 2 aromatic rings. The molecule has 3 aliphatic heterocycles. The minimum Gasteiger partial charge on any atom is -0.493 e. The minimum absolute atomic E-state index is 0.532. The molecular weight excluding hydrogens is 302 g/mol. The molecular formula is C16H18ClN3O2. The number of piperidine rings is 1. The second kappa shape index (κ2) is 5.09. The van der Waals surface area contributed by atoms with Gasteiger partial charge in [0.2, 0.25) is 0 Å². The molecule has 0 spiro atoms. The quantitative estimate of drug-likeness (QED) is 0.941. The van der Waals surface area contributed by atoms with Crippen molar-refractivity contribution >= 4 is 17.3 Å². The highest BCUT2D eigenvalue weighted by Gasteiger charge is 2.35. The lowest BCUT2D eigenvalue weighted by molar-refractivity contribution is 0.355. The van der Waals surface area contributed by atoms with E-state index in [2.05, 4.69) is 15.1 Å². The molecule has 4 heterocycles. The van der Waals surface area contributed by atoms with E-state index in [0.29, 0.717) is 22.4 Å². The standard InChI is InChI=1S/C16H18ClN3O2/c1-21-12-8-10(7-11(17)16(12)22-2)14-15-13(18-19-14)9-3-5-20(15)6-4-9/h7-9H,3-6H2,1-2H3,(H,18,19). The van der Waals surface area contributed by atoms with Crippen molar-refractivity contribution in [1.82, 2.24) is 10.2 Å². The van der Waals surface area contributed by atoms with Crippen LogP contribution in [0, 0.1) is 0 Å². The van der Waals surface area contributed by atoms with Gasteiger partial charge in [0.1, 0.15) is 5.69 Å². The van der Waals surface area contributed by atoms with Crippen LogP contribution in [0.3, 0.4) is 0 Å². The van der Waals surface area contributed by atoms with E-state index in [1.165, 1.54) is 24.2 Å². The molecule has 1 aromatic heterocycles. The Morgan fingerprint density at radius 1 is 1.23 bits per heavy atom. The molecule has 5 nitrogen and oxygen atoms in total. The zero-order valence-electron chi connectivity index (χ0n) is 12.6. The van der Waals surface area contributed by atoms with E-state index in [-0.39, 0.29) is 0 Å². The number of nitrogens with zero attached hydrogens (tertiary/aromatic N) is 2. The summed E-state index contributed by atoms with van der Waals surface area (Å²) in [5.41, 5.74) is 4.39. The van der Waals surface area contributed by atoms with Gasteiger partial charge in [-0.2, -0.15) is 5.10 Å². The van der Waals surface area contributed by atoms with E-state index in [1.54, 1.807) is 14.2 Å². The van der Waals surface area contributed by atoms with E-state index in [1.807, 2.05) is 12.1 Å². The molecule has 0 unspecified atom stereocenters. The molecule has 5 rings (SSSR count). The maximum absolute atomic E-state index is 6.34. The zero-order valence-corrected chi connectivity index (χ0v) is 13.4. The van der Waals surface area contributed by atoms with Crippen molar-refractivity contribution in [3.8, 4) is 22.8 Å². The van der Waals surface area contributed by atoms with Gasteiger partial charge in [0.25, 0.3) is 0 Å². The molecule has 1 fully saturated rings. The Kier molecular flexibility index (Phi) is 3.18. The number of anilines is 1. The Balaban J connectivity index is 1.86. The lowest BCUT2D eigenvalue weighted by atomic mass is 9.86. The number of aromatic nitrogens is 2. The van der Waals surface area contributed by atoms with E-state index < -0.39 is 0 Å². The van der Waals surface area contributed by atoms with Gasteiger partial charge in [-0.3, -0.25) is 5.10 Å². The second-order valence-electron chi connectivity index (χ2n) is 5.79. The van der Waals surface area contributed by atoms with Crippen LogP contribution in [0.5, 0.6) is 11.5 Å². The maximum Gasteiger partial charge on any atom is 0.179 e. The third-order valence-electron chi connectivity index (χ3n) is 4.69. The van der Waals surface area contributed by atoms with Gasteiger partial charge in [-0.15, -0.1) is 0 Å². The van der Waals surface area contributed by atoms with Crippen LogP contribution in [0.2, 0.25) is 5.02 Å². The number of methoxy groups -OCH3 is 2. The molecule has 116 valence electrons. The van der Waals surface area contributed by atoms with Gasteiger partial charge in [0, 0.05) is 24.6 Å². The van der Waals surface area contributed by atoms with Gasteiger partial charge in [0.15, 0.2) is 11.5 Å². The number of benzene rings is 1. The number of H-pyrrole nitrogens is 1. The third kappa shape index (κ3) is 1.88. The number of nitrogens with one attached hydrogen (secondary N) is 1. The Labute approximate surface area is 134 Å². The zero-order chi connectivity index (χ0) is 15.3. The highest BCUT2D eigenvalue weighted by Crippen LogP contribution is 2.47. The lowest BCUT2D eigenvalue weighted by Crippen LogP contribution is -2.38. The molecule has 2 bridgehead atoms. The molecule has 1 aromatic carbocycles. The van der Waals surface area contributed by atoms with E-state index in [0.717, 1.165) is 24.3 Å². The van der Waals surface area contributed by atoms with Crippen molar-refractivity contribution in [2.24, 2.45) is 0 Å². The average molecular weight is 320 g/mol. The largest absolute Gasteiger partial charge is 0.493 e. The first-order valence-electron chi connectivity index (χ1n) is 7.48. The summed E-state index contributed by atoms with van der Waals surface area (Å²) in [6.45, 7) is 2.20. The SMILES string of the molecule is COc1cc(-c2n[nH]c3c2N2CCC3CC2)cc(Cl)c1OC. The minimum atomic E-state index is 0.532. The Hall–Kier alpha value is -1.88. The van der Waals surface area contributed by atoms with Crippen LogP contribution in [0.15, 0.2) is 12.1 Å². The molecule has 0 atom stereocenters. The summed E-state index contributed by atoms with van der Waals surface area (Å²) in [6, 6.07) is 3.83. The van der Waals surface area contributed by atoms with Gasteiger partial charge < -0.3 is 14.4 Å². The van der Waals surface area contributed by atoms with Crippen molar-refractivity contribution in [2.45, 2.75) is 18.8 Å². The number of hydrogen-bond acceptors (Lipinski definition) is 4. The molecule has 3 aliphatic rings. The summed E-state index contributed by atoms with van der Waals surface area (Å²) < 4.78 is 10.7. The number of fused-ring (bicyclic) bond motifs is 2. The molecule has 22 heavy (non-hydrogen) atoms. The number of hydrogen-bond donors (Lipinski definition) is 1. The first-order valence-corrected chi connectivity index (χ1v) is 7.85. The normalized spacial score (nSPS) is 16.8. The summed E-state index contributed by atoms with van der Waals surface area (Å²) >= 11 is 6.34. The predicted molar refractivity (Wildman–Crippen MR) is 86.3 cm³/mol. The smallest absolute Gasteiger partial charge is 0.179 e. The number of aromatic amines is 1. The van der Waals surface area contributed by atoms with E-state index in [4.69, 9.17) is 21.1 Å².